The molecular weight excluding hydrogens is 403 g/mol. The fourth-order valence-electron chi connectivity index (χ4n) is 2.86. The zero-order chi connectivity index (χ0) is 15.9. The lowest BCUT2D eigenvalue weighted by Crippen LogP contribution is -2.53. The topological polar surface area (TPSA) is 48.7 Å². The van der Waals surface area contributed by atoms with Crippen LogP contribution in [0.3, 0.4) is 0 Å². The van der Waals surface area contributed by atoms with E-state index in [4.69, 9.17) is 0 Å². The normalized spacial score (nSPS) is 16.6. The number of guanidine groups is 1. The van der Waals surface area contributed by atoms with Crippen molar-refractivity contribution in [3.63, 3.8) is 0 Å². The van der Waals surface area contributed by atoms with Crippen molar-refractivity contribution in [2.75, 3.05) is 46.3 Å². The van der Waals surface area contributed by atoms with Gasteiger partial charge < -0.3 is 10.2 Å². The van der Waals surface area contributed by atoms with Crippen molar-refractivity contribution in [2.24, 2.45) is 10.9 Å². The summed E-state index contributed by atoms with van der Waals surface area (Å²) >= 11 is 0. The molecule has 1 aromatic heterocycles. The molecule has 1 aliphatic heterocycles. The van der Waals surface area contributed by atoms with Gasteiger partial charge in [0.1, 0.15) is 0 Å². The molecule has 1 aromatic rings. The van der Waals surface area contributed by atoms with Gasteiger partial charge >= 0.3 is 0 Å². The van der Waals surface area contributed by atoms with Gasteiger partial charge in [-0.15, -0.1) is 24.0 Å². The molecule has 23 heavy (non-hydrogen) atoms. The third kappa shape index (κ3) is 6.66. The van der Waals surface area contributed by atoms with E-state index >= 15 is 0 Å². The van der Waals surface area contributed by atoms with Crippen molar-refractivity contribution in [2.45, 2.75) is 27.3 Å². The predicted molar refractivity (Wildman–Crippen MR) is 107 cm³/mol. The molecule has 0 radical (unpaired) electrons. The first kappa shape index (κ1) is 20.2. The largest absolute Gasteiger partial charge is 0.354 e. The number of aromatic nitrogens is 2. The first-order chi connectivity index (χ1) is 10.6. The number of piperazine rings is 1. The maximum Gasteiger partial charge on any atom is 0.193 e. The van der Waals surface area contributed by atoms with E-state index in [9.17, 15) is 0 Å². The van der Waals surface area contributed by atoms with Gasteiger partial charge in [0, 0.05) is 52.5 Å². The molecule has 2 rings (SSSR count). The molecule has 1 aliphatic rings. The van der Waals surface area contributed by atoms with Crippen LogP contribution in [0.1, 0.15) is 19.4 Å². The Kier molecular flexibility index (Phi) is 8.90. The van der Waals surface area contributed by atoms with Gasteiger partial charge in [-0.1, -0.05) is 13.8 Å². The third-order valence-corrected chi connectivity index (χ3v) is 3.89. The summed E-state index contributed by atoms with van der Waals surface area (Å²) < 4.78 is 1.97. The molecule has 132 valence electrons. The molecule has 1 N–H and O–H groups in total. The monoisotopic (exact) mass is 434 g/mol. The van der Waals surface area contributed by atoms with Gasteiger partial charge in [-0.3, -0.25) is 14.6 Å². The zero-order valence-corrected chi connectivity index (χ0v) is 17.2. The lowest BCUT2D eigenvalue weighted by molar-refractivity contribution is 0.164. The Bertz CT molecular complexity index is 477. The number of aliphatic imine (C=N–C) groups is 1. The summed E-state index contributed by atoms with van der Waals surface area (Å²) in [5.74, 6) is 1.74. The molecule has 0 saturated carbocycles. The smallest absolute Gasteiger partial charge is 0.193 e. The van der Waals surface area contributed by atoms with E-state index in [1.807, 2.05) is 17.9 Å². The van der Waals surface area contributed by atoms with Crippen molar-refractivity contribution in [1.29, 1.82) is 0 Å². The van der Waals surface area contributed by atoms with Crippen LogP contribution in [0.4, 0.5) is 0 Å². The second-order valence-corrected chi connectivity index (χ2v) is 6.44. The molecular formula is C16H31IN6. The minimum atomic E-state index is 0. The van der Waals surface area contributed by atoms with Crippen LogP contribution in [0, 0.1) is 12.8 Å². The fraction of sp³-hybridized carbons (Fsp3) is 0.750. The summed E-state index contributed by atoms with van der Waals surface area (Å²) in [7, 11) is 1.86. The standard InChI is InChI=1S/C16H30N6.HI/c1-14(2)12-20-7-9-21(10-8-20)16(17-4)18-5-6-22-13-15(3)11-19-22;/h11,13-14H,5-10,12H2,1-4H3,(H,17,18);1H. The van der Waals surface area contributed by atoms with Crippen LogP contribution in [0.2, 0.25) is 0 Å². The number of halogens is 1. The Balaban J connectivity index is 0.00000264. The molecule has 0 unspecified atom stereocenters. The number of aryl methyl sites for hydroxylation is 1. The highest BCUT2D eigenvalue weighted by atomic mass is 127. The highest BCUT2D eigenvalue weighted by Gasteiger charge is 2.19. The van der Waals surface area contributed by atoms with E-state index in [2.05, 4.69) is 52.2 Å². The fourth-order valence-corrected chi connectivity index (χ4v) is 2.86. The lowest BCUT2D eigenvalue weighted by Gasteiger charge is -2.37. The SMILES string of the molecule is CN=C(NCCn1cc(C)cn1)N1CCN(CC(C)C)CC1.I. The number of rotatable bonds is 5. The van der Waals surface area contributed by atoms with Gasteiger partial charge in [0.2, 0.25) is 0 Å². The van der Waals surface area contributed by atoms with Gasteiger partial charge in [0.05, 0.1) is 12.7 Å². The molecule has 1 saturated heterocycles. The second-order valence-electron chi connectivity index (χ2n) is 6.44. The van der Waals surface area contributed by atoms with Gasteiger partial charge in [0.15, 0.2) is 5.96 Å². The van der Waals surface area contributed by atoms with Crippen molar-refractivity contribution in [3.8, 4) is 0 Å². The molecule has 0 aliphatic carbocycles. The number of nitrogens with one attached hydrogen (secondary N) is 1. The van der Waals surface area contributed by atoms with Crippen molar-refractivity contribution in [1.82, 2.24) is 24.9 Å². The maximum atomic E-state index is 4.42. The lowest BCUT2D eigenvalue weighted by atomic mass is 10.2. The summed E-state index contributed by atoms with van der Waals surface area (Å²) in [5.41, 5.74) is 1.20. The molecule has 7 heteroatoms. The number of nitrogens with zero attached hydrogens (tertiary/aromatic N) is 5. The highest BCUT2D eigenvalue weighted by molar-refractivity contribution is 14.0. The van der Waals surface area contributed by atoms with E-state index < -0.39 is 0 Å². The Morgan fingerprint density at radius 2 is 2.00 bits per heavy atom. The second kappa shape index (κ2) is 10.1. The highest BCUT2D eigenvalue weighted by Crippen LogP contribution is 2.05. The molecule has 1 fully saturated rings. The van der Waals surface area contributed by atoms with E-state index in [0.717, 1.165) is 51.1 Å². The van der Waals surface area contributed by atoms with Crippen molar-refractivity contribution < 1.29 is 0 Å². The molecule has 0 atom stereocenters. The summed E-state index contributed by atoms with van der Waals surface area (Å²) in [6.07, 6.45) is 3.96. The first-order valence-electron chi connectivity index (χ1n) is 8.25. The van der Waals surface area contributed by atoms with Gasteiger partial charge in [0.25, 0.3) is 0 Å². The van der Waals surface area contributed by atoms with Crippen LogP contribution in [0.25, 0.3) is 0 Å². The van der Waals surface area contributed by atoms with E-state index in [0.29, 0.717) is 0 Å². The van der Waals surface area contributed by atoms with Gasteiger partial charge in [-0.25, -0.2) is 0 Å². The number of hydrogen-bond acceptors (Lipinski definition) is 3. The summed E-state index contributed by atoms with van der Waals surface area (Å²) in [6.45, 7) is 13.9. The molecule has 6 nitrogen and oxygen atoms in total. The Morgan fingerprint density at radius 1 is 1.30 bits per heavy atom. The van der Waals surface area contributed by atoms with Crippen molar-refractivity contribution >= 4 is 29.9 Å². The van der Waals surface area contributed by atoms with Crippen LogP contribution in [-0.2, 0) is 6.54 Å². The number of hydrogen-bond donors (Lipinski definition) is 1. The van der Waals surface area contributed by atoms with Gasteiger partial charge in [-0.2, -0.15) is 5.10 Å². The predicted octanol–water partition coefficient (Wildman–Crippen LogP) is 1.66. The maximum absolute atomic E-state index is 4.42. The summed E-state index contributed by atoms with van der Waals surface area (Å²) in [6, 6.07) is 0. The summed E-state index contributed by atoms with van der Waals surface area (Å²) in [4.78, 5) is 9.31. The van der Waals surface area contributed by atoms with E-state index in [1.165, 1.54) is 12.1 Å². The molecule has 2 heterocycles. The Hall–Kier alpha value is -0.830. The van der Waals surface area contributed by atoms with Crippen LogP contribution in [0.15, 0.2) is 17.4 Å². The minimum Gasteiger partial charge on any atom is -0.354 e. The van der Waals surface area contributed by atoms with E-state index in [-0.39, 0.29) is 24.0 Å². The third-order valence-electron chi connectivity index (χ3n) is 3.89. The zero-order valence-electron chi connectivity index (χ0n) is 14.8. The average molecular weight is 434 g/mol. The van der Waals surface area contributed by atoms with Crippen molar-refractivity contribution in [3.05, 3.63) is 18.0 Å². The van der Waals surface area contributed by atoms with Crippen LogP contribution in [-0.4, -0.2) is 71.9 Å². The van der Waals surface area contributed by atoms with Gasteiger partial charge in [-0.05, 0) is 18.4 Å². The Labute approximate surface area is 157 Å². The molecule has 0 bridgehead atoms. The van der Waals surface area contributed by atoms with Crippen LogP contribution in [0.5, 0.6) is 0 Å². The quantitative estimate of drug-likeness (QED) is 0.435. The molecule has 0 spiro atoms. The minimum absolute atomic E-state index is 0. The Morgan fingerprint density at radius 3 is 2.52 bits per heavy atom. The first-order valence-corrected chi connectivity index (χ1v) is 8.25. The average Bonchev–Trinajstić information content (AvgIpc) is 2.90. The van der Waals surface area contributed by atoms with Crippen LogP contribution >= 0.6 is 24.0 Å². The molecule has 0 amide bonds. The summed E-state index contributed by atoms with van der Waals surface area (Å²) in [5, 5.41) is 7.75. The molecule has 0 aromatic carbocycles. The van der Waals surface area contributed by atoms with Crippen LogP contribution < -0.4 is 5.32 Å². The van der Waals surface area contributed by atoms with E-state index in [1.54, 1.807) is 0 Å².